The molecule has 1 atom stereocenters. The van der Waals surface area contributed by atoms with E-state index in [0.29, 0.717) is 12.0 Å². The van der Waals surface area contributed by atoms with Gasteiger partial charge in [-0.15, -0.1) is 0 Å². The van der Waals surface area contributed by atoms with Crippen LogP contribution >= 0.6 is 7.60 Å². The molecule has 1 aromatic rings. The van der Waals surface area contributed by atoms with Gasteiger partial charge in [0, 0.05) is 19.8 Å². The second-order valence-electron chi connectivity index (χ2n) is 6.01. The maximum absolute atomic E-state index is 12.3. The molecular weight excluding hydrogens is 345 g/mol. The highest BCUT2D eigenvalue weighted by molar-refractivity contribution is 7.52. The van der Waals surface area contributed by atoms with E-state index in [-0.39, 0.29) is 18.0 Å². The van der Waals surface area contributed by atoms with Crippen LogP contribution < -0.4 is 5.32 Å². The van der Waals surface area contributed by atoms with E-state index < -0.39 is 19.6 Å². The van der Waals surface area contributed by atoms with Crippen molar-refractivity contribution in [2.45, 2.75) is 32.5 Å². The predicted octanol–water partition coefficient (Wildman–Crippen LogP) is 2.99. The first-order valence-corrected chi connectivity index (χ1v) is 9.65. The van der Waals surface area contributed by atoms with Crippen LogP contribution in [0, 0.1) is 5.92 Å². The van der Waals surface area contributed by atoms with Crippen LogP contribution in [0.4, 0.5) is 0 Å². The molecule has 0 bridgehead atoms. The summed E-state index contributed by atoms with van der Waals surface area (Å²) < 4.78 is 26.7. The number of hydrogen-bond acceptors (Lipinski definition) is 6. The van der Waals surface area contributed by atoms with E-state index in [9.17, 15) is 14.2 Å². The zero-order valence-corrected chi connectivity index (χ0v) is 16.2. The fraction of sp³-hybridized carbons (Fsp3) is 0.529. The molecule has 1 aromatic carbocycles. The fourth-order valence-corrected chi connectivity index (χ4v) is 3.32. The number of methoxy groups -OCH3 is 1. The Labute approximate surface area is 148 Å². The maximum atomic E-state index is 12.3. The van der Waals surface area contributed by atoms with Crippen molar-refractivity contribution in [1.29, 1.82) is 0 Å². The molecule has 0 aliphatic carbocycles. The summed E-state index contributed by atoms with van der Waals surface area (Å²) >= 11 is 0. The van der Waals surface area contributed by atoms with E-state index >= 15 is 0 Å². The van der Waals surface area contributed by atoms with Gasteiger partial charge in [0.15, 0.2) is 0 Å². The zero-order valence-electron chi connectivity index (χ0n) is 15.3. The lowest BCUT2D eigenvalue weighted by Gasteiger charge is -2.18. The van der Waals surface area contributed by atoms with Crippen molar-refractivity contribution in [3.8, 4) is 0 Å². The van der Waals surface area contributed by atoms with Crippen LogP contribution in [0.2, 0.25) is 0 Å². The molecule has 0 aromatic heterocycles. The average molecular weight is 371 g/mol. The van der Waals surface area contributed by atoms with E-state index in [1.165, 1.54) is 21.3 Å². The van der Waals surface area contributed by atoms with Crippen LogP contribution in [-0.4, -0.2) is 39.2 Å². The first kappa shape index (κ1) is 21.4. The third-order valence-corrected chi connectivity index (χ3v) is 5.51. The number of carbonyl (C=O) groups excluding carboxylic acids is 2. The van der Waals surface area contributed by atoms with Gasteiger partial charge < -0.3 is 19.1 Å². The third-order valence-electron chi connectivity index (χ3n) is 3.65. The minimum absolute atomic E-state index is 0.111. The van der Waals surface area contributed by atoms with Crippen molar-refractivity contribution < 1.29 is 27.9 Å². The van der Waals surface area contributed by atoms with E-state index in [0.717, 1.165) is 5.56 Å². The fourth-order valence-electron chi connectivity index (χ4n) is 2.26. The van der Waals surface area contributed by atoms with Crippen LogP contribution in [0.5, 0.6) is 0 Å². The van der Waals surface area contributed by atoms with Crippen LogP contribution in [0.15, 0.2) is 24.3 Å². The summed E-state index contributed by atoms with van der Waals surface area (Å²) in [6, 6.07) is 5.86. The van der Waals surface area contributed by atoms with Gasteiger partial charge in [-0.25, -0.2) is 4.79 Å². The Morgan fingerprint density at radius 2 is 1.64 bits per heavy atom. The van der Waals surface area contributed by atoms with Gasteiger partial charge in [-0.1, -0.05) is 26.0 Å². The SMILES string of the molecule is COC(=O)[C@@H](CC(C)C)NC(=O)c1ccc(CP(=O)(OC)OC)cc1. The largest absolute Gasteiger partial charge is 0.467 e. The van der Waals surface area contributed by atoms with E-state index in [1.807, 2.05) is 13.8 Å². The Balaban J connectivity index is 2.82. The Hall–Kier alpha value is -1.69. The van der Waals surface area contributed by atoms with Gasteiger partial charge in [-0.05, 0) is 30.0 Å². The van der Waals surface area contributed by atoms with Crippen LogP contribution in [-0.2, 0) is 29.3 Å². The molecule has 0 radical (unpaired) electrons. The van der Waals surface area contributed by atoms with Crippen molar-refractivity contribution in [2.75, 3.05) is 21.3 Å². The quantitative estimate of drug-likeness (QED) is 0.530. The number of carbonyl (C=O) groups is 2. The second-order valence-corrected chi connectivity index (χ2v) is 8.28. The predicted molar refractivity (Wildman–Crippen MR) is 94.5 cm³/mol. The molecule has 7 nitrogen and oxygen atoms in total. The number of nitrogens with one attached hydrogen (secondary N) is 1. The minimum atomic E-state index is -3.16. The molecular formula is C17H26NO6P. The van der Waals surface area contributed by atoms with Crippen LogP contribution in [0.1, 0.15) is 36.2 Å². The summed E-state index contributed by atoms with van der Waals surface area (Å²) in [6.07, 6.45) is 0.599. The number of amides is 1. The molecule has 0 aliphatic rings. The van der Waals surface area contributed by atoms with Crippen LogP contribution in [0.25, 0.3) is 0 Å². The molecule has 1 amide bonds. The smallest absolute Gasteiger partial charge is 0.334 e. The second kappa shape index (κ2) is 9.70. The van der Waals surface area contributed by atoms with Crippen molar-refractivity contribution in [3.63, 3.8) is 0 Å². The normalized spacial score (nSPS) is 12.7. The van der Waals surface area contributed by atoms with E-state index in [4.69, 9.17) is 13.8 Å². The average Bonchev–Trinajstić information content (AvgIpc) is 2.60. The highest BCUT2D eigenvalue weighted by Crippen LogP contribution is 2.49. The third kappa shape index (κ3) is 6.61. The summed E-state index contributed by atoms with van der Waals surface area (Å²) in [7, 11) is 0.787. The highest BCUT2D eigenvalue weighted by Gasteiger charge is 2.24. The Morgan fingerprint density at radius 1 is 1.08 bits per heavy atom. The monoisotopic (exact) mass is 371 g/mol. The molecule has 0 aliphatic heterocycles. The van der Waals surface area contributed by atoms with Gasteiger partial charge in [0.2, 0.25) is 0 Å². The molecule has 0 spiro atoms. The van der Waals surface area contributed by atoms with Gasteiger partial charge in [-0.3, -0.25) is 9.36 Å². The highest BCUT2D eigenvalue weighted by atomic mass is 31.2. The lowest BCUT2D eigenvalue weighted by atomic mass is 10.0. The summed E-state index contributed by atoms with van der Waals surface area (Å²) in [6.45, 7) is 3.92. The molecule has 0 heterocycles. The van der Waals surface area contributed by atoms with E-state index in [1.54, 1.807) is 24.3 Å². The standard InChI is InChI=1S/C17H26NO6P/c1-12(2)10-15(17(20)22-3)18-16(19)14-8-6-13(7-9-14)11-25(21,23-4)24-5/h6-9,12,15H,10-11H2,1-5H3,(H,18,19)/t15-/m1/s1. The Bertz CT molecular complexity index is 621. The zero-order chi connectivity index (χ0) is 19.0. The molecule has 0 saturated carbocycles. The van der Waals surface area contributed by atoms with E-state index in [2.05, 4.69) is 5.32 Å². The van der Waals surface area contributed by atoms with Gasteiger partial charge in [0.05, 0.1) is 13.3 Å². The molecule has 1 rings (SSSR count). The number of hydrogen-bond donors (Lipinski definition) is 1. The minimum Gasteiger partial charge on any atom is -0.467 e. The molecule has 1 N–H and O–H groups in total. The van der Waals surface area contributed by atoms with Crippen molar-refractivity contribution in [2.24, 2.45) is 5.92 Å². The number of esters is 1. The molecule has 8 heteroatoms. The summed E-state index contributed by atoms with van der Waals surface area (Å²) in [5.74, 6) is -0.618. The molecule has 0 saturated heterocycles. The maximum Gasteiger partial charge on any atom is 0.334 e. The number of rotatable bonds is 9. The first-order chi connectivity index (χ1) is 11.7. The number of ether oxygens (including phenoxy) is 1. The molecule has 140 valence electrons. The summed E-state index contributed by atoms with van der Waals surface area (Å²) in [4.78, 5) is 24.1. The molecule has 0 unspecified atom stereocenters. The Morgan fingerprint density at radius 3 is 2.08 bits per heavy atom. The van der Waals surface area contributed by atoms with Crippen molar-refractivity contribution in [3.05, 3.63) is 35.4 Å². The van der Waals surface area contributed by atoms with Crippen LogP contribution in [0.3, 0.4) is 0 Å². The lowest BCUT2D eigenvalue weighted by Crippen LogP contribution is -2.42. The van der Waals surface area contributed by atoms with Crippen molar-refractivity contribution >= 4 is 19.5 Å². The van der Waals surface area contributed by atoms with Gasteiger partial charge >= 0.3 is 13.6 Å². The first-order valence-electron chi connectivity index (χ1n) is 7.92. The Kier molecular flexibility index (Phi) is 8.29. The van der Waals surface area contributed by atoms with Gasteiger partial charge in [0.25, 0.3) is 5.91 Å². The molecule has 0 fully saturated rings. The van der Waals surface area contributed by atoms with Gasteiger partial charge in [-0.2, -0.15) is 0 Å². The number of benzene rings is 1. The lowest BCUT2D eigenvalue weighted by molar-refractivity contribution is -0.143. The van der Waals surface area contributed by atoms with Gasteiger partial charge in [0.1, 0.15) is 6.04 Å². The summed E-state index contributed by atoms with van der Waals surface area (Å²) in [5.41, 5.74) is 1.11. The topological polar surface area (TPSA) is 90.9 Å². The van der Waals surface area contributed by atoms with Crippen molar-refractivity contribution in [1.82, 2.24) is 5.32 Å². The summed E-state index contributed by atoms with van der Waals surface area (Å²) in [5, 5.41) is 2.69. The molecule has 25 heavy (non-hydrogen) atoms.